The van der Waals surface area contributed by atoms with Crippen LogP contribution in [0.5, 0.6) is 5.75 Å². The van der Waals surface area contributed by atoms with E-state index < -0.39 is 16.6 Å². The molecule has 0 aliphatic heterocycles. The quantitative estimate of drug-likeness (QED) is 0.693. The highest BCUT2D eigenvalue weighted by Crippen LogP contribution is 2.29. The first-order chi connectivity index (χ1) is 10.0. The molecule has 1 N–H and O–H groups in total. The molecular weight excluding hydrogens is 279 g/mol. The highest BCUT2D eigenvalue weighted by molar-refractivity contribution is 6.05. The number of anilines is 1. The molecule has 0 atom stereocenters. The van der Waals surface area contributed by atoms with Gasteiger partial charge in [-0.2, -0.15) is 0 Å². The number of nitrogens with one attached hydrogen (secondary N) is 1. The molecule has 0 bridgehead atoms. The lowest BCUT2D eigenvalue weighted by Gasteiger charge is -2.10. The monoisotopic (exact) mass is 290 g/mol. The number of ether oxygens (including phenoxy) is 1. The lowest BCUT2D eigenvalue weighted by atomic mass is 10.2. The molecule has 0 aliphatic carbocycles. The van der Waals surface area contributed by atoms with Crippen LogP contribution >= 0.6 is 0 Å². The summed E-state index contributed by atoms with van der Waals surface area (Å²) in [6, 6.07) is 8.98. The van der Waals surface area contributed by atoms with Gasteiger partial charge in [-0.05, 0) is 24.3 Å². The third-order valence-electron chi connectivity index (χ3n) is 2.73. The van der Waals surface area contributed by atoms with Gasteiger partial charge in [-0.3, -0.25) is 14.9 Å². The molecular formula is C14H11FN2O4. The lowest BCUT2D eigenvalue weighted by molar-refractivity contribution is -0.384. The number of methoxy groups -OCH3 is 1. The van der Waals surface area contributed by atoms with E-state index in [1.807, 2.05) is 0 Å². The van der Waals surface area contributed by atoms with E-state index >= 15 is 0 Å². The Morgan fingerprint density at radius 2 is 2.05 bits per heavy atom. The van der Waals surface area contributed by atoms with Crippen molar-refractivity contribution in [3.8, 4) is 5.75 Å². The maximum atomic E-state index is 13.1. The van der Waals surface area contributed by atoms with E-state index in [4.69, 9.17) is 4.74 Å². The van der Waals surface area contributed by atoms with Gasteiger partial charge >= 0.3 is 0 Å². The molecule has 0 aromatic heterocycles. The number of carbonyl (C=O) groups is 1. The first kappa shape index (κ1) is 14.4. The second kappa shape index (κ2) is 6.00. The molecule has 6 nitrogen and oxygen atoms in total. The minimum Gasteiger partial charge on any atom is -0.494 e. The maximum Gasteiger partial charge on any atom is 0.273 e. The molecule has 2 rings (SSSR count). The predicted octanol–water partition coefficient (Wildman–Crippen LogP) is 2.99. The fourth-order valence-electron chi connectivity index (χ4n) is 1.72. The predicted molar refractivity (Wildman–Crippen MR) is 74.0 cm³/mol. The highest BCUT2D eigenvalue weighted by atomic mass is 19.1. The number of amides is 1. The Morgan fingerprint density at radius 3 is 2.67 bits per heavy atom. The molecule has 0 radical (unpaired) electrons. The van der Waals surface area contributed by atoms with Gasteiger partial charge in [-0.1, -0.05) is 6.07 Å². The van der Waals surface area contributed by atoms with Crippen LogP contribution in [0.25, 0.3) is 0 Å². The minimum absolute atomic E-state index is 0.135. The van der Waals surface area contributed by atoms with Gasteiger partial charge in [0.1, 0.15) is 11.6 Å². The molecule has 2 aromatic rings. The average Bonchev–Trinajstić information content (AvgIpc) is 2.47. The fraction of sp³-hybridized carbons (Fsp3) is 0.0714. The zero-order chi connectivity index (χ0) is 15.4. The molecule has 0 aliphatic rings. The van der Waals surface area contributed by atoms with Crippen LogP contribution in [0.4, 0.5) is 15.8 Å². The number of halogens is 1. The Balaban J connectivity index is 2.27. The summed E-state index contributed by atoms with van der Waals surface area (Å²) in [6.45, 7) is 0. The summed E-state index contributed by atoms with van der Waals surface area (Å²) in [6.07, 6.45) is 0. The van der Waals surface area contributed by atoms with E-state index in [1.54, 1.807) is 0 Å². The van der Waals surface area contributed by atoms with Gasteiger partial charge in [0.15, 0.2) is 0 Å². The van der Waals surface area contributed by atoms with Crippen molar-refractivity contribution in [2.24, 2.45) is 0 Å². The van der Waals surface area contributed by atoms with Crippen LogP contribution in [0.1, 0.15) is 10.4 Å². The summed E-state index contributed by atoms with van der Waals surface area (Å²) < 4.78 is 18.1. The zero-order valence-electron chi connectivity index (χ0n) is 11.0. The Labute approximate surface area is 119 Å². The lowest BCUT2D eigenvalue weighted by Crippen LogP contribution is -2.12. The van der Waals surface area contributed by atoms with E-state index in [0.717, 1.165) is 6.07 Å². The van der Waals surface area contributed by atoms with Gasteiger partial charge in [-0.25, -0.2) is 4.39 Å². The van der Waals surface area contributed by atoms with E-state index in [9.17, 15) is 19.3 Å². The van der Waals surface area contributed by atoms with Crippen molar-refractivity contribution < 1.29 is 18.8 Å². The highest BCUT2D eigenvalue weighted by Gasteiger charge is 2.14. The molecule has 0 heterocycles. The molecule has 21 heavy (non-hydrogen) atoms. The summed E-state index contributed by atoms with van der Waals surface area (Å²) >= 11 is 0. The second-order valence-electron chi connectivity index (χ2n) is 4.11. The molecule has 0 fully saturated rings. The third-order valence-corrected chi connectivity index (χ3v) is 2.73. The fourth-order valence-corrected chi connectivity index (χ4v) is 1.72. The number of nitro benzene ring substituents is 1. The summed E-state index contributed by atoms with van der Waals surface area (Å²) in [4.78, 5) is 22.1. The molecule has 2 aromatic carbocycles. The second-order valence-corrected chi connectivity index (χ2v) is 4.11. The summed E-state index contributed by atoms with van der Waals surface area (Å²) in [7, 11) is 1.33. The Hall–Kier alpha value is -2.96. The number of carbonyl (C=O) groups excluding carboxylic acids is 1. The first-order valence-electron chi connectivity index (χ1n) is 5.90. The molecule has 1 amide bonds. The van der Waals surface area contributed by atoms with Crippen molar-refractivity contribution in [1.82, 2.24) is 0 Å². The van der Waals surface area contributed by atoms with Crippen molar-refractivity contribution in [2.45, 2.75) is 0 Å². The number of nitrogens with zero attached hydrogens (tertiary/aromatic N) is 1. The summed E-state index contributed by atoms with van der Waals surface area (Å²) in [5, 5.41) is 13.2. The van der Waals surface area contributed by atoms with Crippen LogP contribution < -0.4 is 10.1 Å². The molecule has 0 spiro atoms. The largest absolute Gasteiger partial charge is 0.494 e. The van der Waals surface area contributed by atoms with Gasteiger partial charge < -0.3 is 10.1 Å². The normalized spacial score (nSPS) is 10.0. The standard InChI is InChI=1S/C14H11FN2O4/c1-21-13-8-11(17(19)20)5-6-12(13)16-14(18)9-3-2-4-10(15)7-9/h2-8H,1H3,(H,16,18). The van der Waals surface area contributed by atoms with Crippen molar-refractivity contribution in [3.05, 3.63) is 64.0 Å². The average molecular weight is 290 g/mol. The number of hydrogen-bond donors (Lipinski definition) is 1. The molecule has 7 heteroatoms. The van der Waals surface area contributed by atoms with E-state index in [-0.39, 0.29) is 22.7 Å². The van der Waals surface area contributed by atoms with Crippen LogP contribution in [0, 0.1) is 15.9 Å². The van der Waals surface area contributed by atoms with E-state index in [2.05, 4.69) is 5.32 Å². The van der Waals surface area contributed by atoms with Gasteiger partial charge in [0.25, 0.3) is 11.6 Å². The van der Waals surface area contributed by atoms with Crippen molar-refractivity contribution in [2.75, 3.05) is 12.4 Å². The van der Waals surface area contributed by atoms with Crippen molar-refractivity contribution >= 4 is 17.3 Å². The van der Waals surface area contributed by atoms with Crippen molar-refractivity contribution in [3.63, 3.8) is 0 Å². The van der Waals surface area contributed by atoms with Gasteiger partial charge in [0, 0.05) is 11.6 Å². The van der Waals surface area contributed by atoms with Crippen LogP contribution in [-0.4, -0.2) is 17.9 Å². The molecule has 0 saturated heterocycles. The van der Waals surface area contributed by atoms with E-state index in [0.29, 0.717) is 0 Å². The maximum absolute atomic E-state index is 13.1. The minimum atomic E-state index is -0.569. The van der Waals surface area contributed by atoms with Gasteiger partial charge in [-0.15, -0.1) is 0 Å². The Kier molecular flexibility index (Phi) is 4.13. The topological polar surface area (TPSA) is 81.5 Å². The molecule has 108 valence electrons. The SMILES string of the molecule is COc1cc([N+](=O)[O-])ccc1NC(=O)c1cccc(F)c1. The number of rotatable bonds is 4. The number of hydrogen-bond acceptors (Lipinski definition) is 4. The molecule has 0 unspecified atom stereocenters. The van der Waals surface area contributed by atoms with Crippen LogP contribution in [0.2, 0.25) is 0 Å². The van der Waals surface area contributed by atoms with Gasteiger partial charge in [0.2, 0.25) is 0 Å². The summed E-state index contributed by atoms with van der Waals surface area (Å²) in [5.41, 5.74) is 0.239. The van der Waals surface area contributed by atoms with E-state index in [1.165, 1.54) is 43.5 Å². The van der Waals surface area contributed by atoms with Crippen molar-refractivity contribution in [1.29, 1.82) is 0 Å². The van der Waals surface area contributed by atoms with Crippen LogP contribution in [0.3, 0.4) is 0 Å². The van der Waals surface area contributed by atoms with Crippen LogP contribution in [0.15, 0.2) is 42.5 Å². The smallest absolute Gasteiger partial charge is 0.273 e. The summed E-state index contributed by atoms with van der Waals surface area (Å²) in [5.74, 6) is -0.922. The Morgan fingerprint density at radius 1 is 1.29 bits per heavy atom. The number of non-ortho nitro benzene ring substituents is 1. The van der Waals surface area contributed by atoms with Gasteiger partial charge in [0.05, 0.1) is 23.8 Å². The molecule has 0 saturated carbocycles. The first-order valence-corrected chi connectivity index (χ1v) is 5.90. The number of benzene rings is 2. The number of nitro groups is 1. The zero-order valence-corrected chi connectivity index (χ0v) is 11.0. The van der Waals surface area contributed by atoms with Crippen LogP contribution in [-0.2, 0) is 0 Å². The Bertz CT molecular complexity index is 703. The third kappa shape index (κ3) is 3.33.